The second-order valence-corrected chi connectivity index (χ2v) is 13.7. The van der Waals surface area contributed by atoms with Gasteiger partial charge in [-0.05, 0) is 101 Å². The van der Waals surface area contributed by atoms with Gasteiger partial charge in [0.25, 0.3) is 0 Å². The molecule has 0 unspecified atom stereocenters. The van der Waals surface area contributed by atoms with E-state index in [1.807, 2.05) is 56.7 Å². The molecule has 5 heterocycles. The maximum Gasteiger partial charge on any atom is 0.0481 e. The molecule has 0 radical (unpaired) electrons. The Morgan fingerprint density at radius 3 is 1.43 bits per heavy atom. The maximum absolute atomic E-state index is 2.48. The Bertz CT molecular complexity index is 1430. The zero-order valence-corrected chi connectivity index (χ0v) is 25.2. The van der Waals surface area contributed by atoms with Crippen LogP contribution in [0.4, 0.5) is 0 Å². The number of thiophene rings is 5. The summed E-state index contributed by atoms with van der Waals surface area (Å²) in [5, 5.41) is 4.57. The maximum atomic E-state index is 2.48. The first-order valence-electron chi connectivity index (χ1n) is 12.6. The highest BCUT2D eigenvalue weighted by Crippen LogP contribution is 2.49. The second-order valence-electron chi connectivity index (χ2n) is 8.76. The van der Waals surface area contributed by atoms with E-state index in [9.17, 15) is 0 Å². The molecule has 0 amide bonds. The molecule has 5 rings (SSSR count). The van der Waals surface area contributed by atoms with Crippen molar-refractivity contribution in [2.75, 3.05) is 0 Å². The lowest BCUT2D eigenvalue weighted by atomic mass is 10.1. The van der Waals surface area contributed by atoms with Crippen molar-refractivity contribution in [1.82, 2.24) is 0 Å². The van der Waals surface area contributed by atoms with Gasteiger partial charge in [-0.25, -0.2) is 0 Å². The number of rotatable bonds is 9. The molecule has 5 aromatic rings. The molecule has 182 valence electrons. The molecule has 0 spiro atoms. The van der Waals surface area contributed by atoms with Gasteiger partial charge in [0.05, 0.1) is 0 Å². The molecule has 0 saturated heterocycles. The average Bonchev–Trinajstić information content (AvgIpc) is 3.71. The smallest absolute Gasteiger partial charge is 0.0481 e. The molecule has 0 aromatic carbocycles. The van der Waals surface area contributed by atoms with Gasteiger partial charge in [-0.3, -0.25) is 0 Å². The lowest BCUT2D eigenvalue weighted by Gasteiger charge is -1.97. The predicted octanol–water partition coefficient (Wildman–Crippen LogP) is 11.5. The molecule has 0 aliphatic carbocycles. The van der Waals surface area contributed by atoms with Gasteiger partial charge in [0.1, 0.15) is 0 Å². The standard InChI is InChI=1S/C30H32S5/c1-6-18-13-23(32-17-18)28-20(8-3)15-25(34-28)30-22(10-5)16-26(35-30)29-21(9-4)14-24(33-29)27-19(7-2)11-12-31-27/h11-17H,6-10H2,1-5H3. The third-order valence-electron chi connectivity index (χ3n) is 6.65. The van der Waals surface area contributed by atoms with E-state index in [2.05, 4.69) is 75.7 Å². The summed E-state index contributed by atoms with van der Waals surface area (Å²) in [6.45, 7) is 11.4. The zero-order valence-electron chi connectivity index (χ0n) is 21.1. The molecule has 5 aromatic heterocycles. The summed E-state index contributed by atoms with van der Waals surface area (Å²) >= 11 is 9.79. The Labute approximate surface area is 230 Å². The number of aryl methyl sites for hydroxylation is 5. The van der Waals surface area contributed by atoms with Gasteiger partial charge in [0, 0.05) is 39.0 Å². The first-order chi connectivity index (χ1) is 17.1. The van der Waals surface area contributed by atoms with Crippen molar-refractivity contribution in [2.45, 2.75) is 66.7 Å². The zero-order chi connectivity index (χ0) is 24.5. The quantitative estimate of drug-likeness (QED) is 0.171. The van der Waals surface area contributed by atoms with Gasteiger partial charge >= 0.3 is 0 Å². The summed E-state index contributed by atoms with van der Waals surface area (Å²) in [4.78, 5) is 11.6. The van der Waals surface area contributed by atoms with E-state index in [4.69, 9.17) is 0 Å². The molecule has 0 N–H and O–H groups in total. The summed E-state index contributed by atoms with van der Waals surface area (Å²) in [6, 6.07) is 12.1. The van der Waals surface area contributed by atoms with Gasteiger partial charge in [0.15, 0.2) is 0 Å². The van der Waals surface area contributed by atoms with Gasteiger partial charge in [-0.15, -0.1) is 56.7 Å². The molecule has 0 fully saturated rings. The Morgan fingerprint density at radius 1 is 0.486 bits per heavy atom. The van der Waals surface area contributed by atoms with Crippen LogP contribution in [0.1, 0.15) is 62.4 Å². The summed E-state index contributed by atoms with van der Waals surface area (Å²) in [5.74, 6) is 0. The third kappa shape index (κ3) is 4.78. The van der Waals surface area contributed by atoms with E-state index in [-0.39, 0.29) is 0 Å². The van der Waals surface area contributed by atoms with Gasteiger partial charge < -0.3 is 0 Å². The van der Waals surface area contributed by atoms with Crippen molar-refractivity contribution in [3.8, 4) is 39.0 Å². The van der Waals surface area contributed by atoms with Crippen LogP contribution in [-0.4, -0.2) is 0 Å². The fraction of sp³-hybridized carbons (Fsp3) is 0.333. The number of hydrogen-bond acceptors (Lipinski definition) is 5. The minimum atomic E-state index is 1.07. The molecular weight excluding hydrogens is 521 g/mol. The Hall–Kier alpha value is -1.50. The van der Waals surface area contributed by atoms with E-state index < -0.39 is 0 Å². The fourth-order valence-corrected chi connectivity index (χ4v) is 10.9. The monoisotopic (exact) mass is 552 g/mol. The minimum Gasteiger partial charge on any atom is -0.143 e. The third-order valence-corrected chi connectivity index (χ3v) is 12.8. The van der Waals surface area contributed by atoms with Gasteiger partial charge in [0.2, 0.25) is 0 Å². The largest absolute Gasteiger partial charge is 0.143 e. The Morgan fingerprint density at radius 2 is 0.971 bits per heavy atom. The summed E-state index contributed by atoms with van der Waals surface area (Å²) in [5.41, 5.74) is 7.40. The van der Waals surface area contributed by atoms with Crippen LogP contribution in [0.2, 0.25) is 0 Å². The molecule has 0 atom stereocenters. The highest BCUT2D eigenvalue weighted by atomic mass is 32.1. The van der Waals surface area contributed by atoms with E-state index >= 15 is 0 Å². The predicted molar refractivity (Wildman–Crippen MR) is 164 cm³/mol. The molecule has 5 heteroatoms. The SMILES string of the molecule is CCc1csc(-c2sc(-c3sc(-c4sc(-c5sccc5CC)cc4CC)cc3CC)cc2CC)c1. The average molecular weight is 553 g/mol. The fourth-order valence-electron chi connectivity index (χ4n) is 4.55. The molecular formula is C30H32S5. The van der Waals surface area contributed by atoms with Crippen molar-refractivity contribution in [3.05, 3.63) is 68.9 Å². The van der Waals surface area contributed by atoms with E-state index in [1.165, 1.54) is 66.8 Å². The second kappa shape index (κ2) is 10.9. The Kier molecular flexibility index (Phi) is 7.81. The van der Waals surface area contributed by atoms with Crippen LogP contribution < -0.4 is 0 Å². The van der Waals surface area contributed by atoms with E-state index in [0.717, 1.165) is 32.1 Å². The first-order valence-corrected chi connectivity index (χ1v) is 16.8. The molecule has 0 saturated carbocycles. The normalized spacial score (nSPS) is 11.6. The topological polar surface area (TPSA) is 0 Å². The number of hydrogen-bond donors (Lipinski definition) is 0. The van der Waals surface area contributed by atoms with Crippen LogP contribution in [0.3, 0.4) is 0 Å². The summed E-state index contributed by atoms with van der Waals surface area (Å²) < 4.78 is 0. The van der Waals surface area contributed by atoms with Crippen molar-refractivity contribution in [2.24, 2.45) is 0 Å². The van der Waals surface area contributed by atoms with Crippen molar-refractivity contribution >= 4 is 56.7 Å². The molecule has 0 bridgehead atoms. The van der Waals surface area contributed by atoms with Crippen LogP contribution in [0.5, 0.6) is 0 Å². The highest BCUT2D eigenvalue weighted by molar-refractivity contribution is 7.29. The summed E-state index contributed by atoms with van der Waals surface area (Å²) in [6.07, 6.45) is 5.44. The molecule has 35 heavy (non-hydrogen) atoms. The van der Waals surface area contributed by atoms with Crippen LogP contribution >= 0.6 is 56.7 Å². The van der Waals surface area contributed by atoms with Crippen molar-refractivity contribution in [3.63, 3.8) is 0 Å². The molecule has 0 nitrogen and oxygen atoms in total. The van der Waals surface area contributed by atoms with Gasteiger partial charge in [-0.2, -0.15) is 0 Å². The van der Waals surface area contributed by atoms with E-state index in [0.29, 0.717) is 0 Å². The van der Waals surface area contributed by atoms with Crippen molar-refractivity contribution < 1.29 is 0 Å². The lowest BCUT2D eigenvalue weighted by Crippen LogP contribution is -1.79. The van der Waals surface area contributed by atoms with Crippen molar-refractivity contribution in [1.29, 1.82) is 0 Å². The van der Waals surface area contributed by atoms with E-state index in [1.54, 1.807) is 0 Å². The molecule has 0 aliphatic rings. The minimum absolute atomic E-state index is 1.07. The van der Waals surface area contributed by atoms with Crippen LogP contribution in [-0.2, 0) is 32.1 Å². The highest BCUT2D eigenvalue weighted by Gasteiger charge is 2.21. The summed E-state index contributed by atoms with van der Waals surface area (Å²) in [7, 11) is 0. The Balaban J connectivity index is 1.57. The van der Waals surface area contributed by atoms with Crippen LogP contribution in [0, 0.1) is 0 Å². The first kappa shape index (κ1) is 25.2. The lowest BCUT2D eigenvalue weighted by molar-refractivity contribution is 1.15. The van der Waals surface area contributed by atoms with Crippen LogP contribution in [0.25, 0.3) is 39.0 Å². The van der Waals surface area contributed by atoms with Gasteiger partial charge in [-0.1, -0.05) is 34.6 Å². The molecule has 0 aliphatic heterocycles. The van der Waals surface area contributed by atoms with Crippen LogP contribution in [0.15, 0.2) is 41.1 Å².